The third-order valence-electron chi connectivity index (χ3n) is 4.11. The van der Waals surface area contributed by atoms with Crippen molar-refractivity contribution in [2.75, 3.05) is 0 Å². The second kappa shape index (κ2) is 7.62. The van der Waals surface area contributed by atoms with E-state index in [1.165, 1.54) is 6.07 Å². The standard InChI is InChI=1S/C22H12BrClO4/c23-14-7-5-13(6-8-14)11-20-21(25)17-10-9-15(12-19(17)28-20)27-22(26)16-3-1-2-4-18(16)24/h1-12H/b20-11-. The van der Waals surface area contributed by atoms with Crippen LogP contribution in [0.4, 0.5) is 0 Å². The molecule has 0 amide bonds. The van der Waals surface area contributed by atoms with Crippen LogP contribution in [-0.2, 0) is 0 Å². The van der Waals surface area contributed by atoms with Crippen molar-refractivity contribution in [3.8, 4) is 11.5 Å². The molecular formula is C22H12BrClO4. The summed E-state index contributed by atoms with van der Waals surface area (Å²) in [4.78, 5) is 24.8. The van der Waals surface area contributed by atoms with E-state index < -0.39 is 5.97 Å². The summed E-state index contributed by atoms with van der Waals surface area (Å²) in [7, 11) is 0. The van der Waals surface area contributed by atoms with Crippen LogP contribution in [0.5, 0.6) is 11.5 Å². The summed E-state index contributed by atoms with van der Waals surface area (Å²) < 4.78 is 12.0. The predicted molar refractivity (Wildman–Crippen MR) is 110 cm³/mol. The van der Waals surface area contributed by atoms with E-state index in [0.717, 1.165) is 10.0 Å². The van der Waals surface area contributed by atoms with Gasteiger partial charge >= 0.3 is 5.97 Å². The number of hydrogen-bond acceptors (Lipinski definition) is 4. The number of hydrogen-bond donors (Lipinski definition) is 0. The zero-order chi connectivity index (χ0) is 19.7. The number of halogens is 2. The molecule has 0 aromatic heterocycles. The molecule has 0 saturated carbocycles. The van der Waals surface area contributed by atoms with E-state index >= 15 is 0 Å². The summed E-state index contributed by atoms with van der Waals surface area (Å²) in [6, 6.07) is 18.8. The van der Waals surface area contributed by atoms with Crippen LogP contribution >= 0.6 is 27.5 Å². The third kappa shape index (κ3) is 3.72. The van der Waals surface area contributed by atoms with Gasteiger partial charge in [-0.25, -0.2) is 4.79 Å². The van der Waals surface area contributed by atoms with Crippen LogP contribution in [0, 0.1) is 0 Å². The van der Waals surface area contributed by atoms with Crippen molar-refractivity contribution in [3.05, 3.63) is 98.7 Å². The Hall–Kier alpha value is -2.89. The Morgan fingerprint density at radius 2 is 1.79 bits per heavy atom. The molecule has 6 heteroatoms. The Bertz CT molecular complexity index is 1120. The number of allylic oxidation sites excluding steroid dienone is 1. The topological polar surface area (TPSA) is 52.6 Å². The monoisotopic (exact) mass is 454 g/mol. The molecule has 0 fully saturated rings. The molecule has 0 atom stereocenters. The average molecular weight is 456 g/mol. The van der Waals surface area contributed by atoms with Gasteiger partial charge in [0.1, 0.15) is 11.5 Å². The first kappa shape index (κ1) is 18.5. The molecule has 1 aliphatic rings. The van der Waals surface area contributed by atoms with Crippen LogP contribution in [0.3, 0.4) is 0 Å². The largest absolute Gasteiger partial charge is 0.452 e. The smallest absolute Gasteiger partial charge is 0.345 e. The van der Waals surface area contributed by atoms with Gasteiger partial charge < -0.3 is 9.47 Å². The minimum atomic E-state index is -0.583. The lowest BCUT2D eigenvalue weighted by Gasteiger charge is -2.06. The molecule has 4 rings (SSSR count). The second-order valence-corrected chi connectivity index (χ2v) is 7.34. The van der Waals surface area contributed by atoms with Gasteiger partial charge in [-0.05, 0) is 48.0 Å². The summed E-state index contributed by atoms with van der Waals surface area (Å²) in [6.45, 7) is 0. The highest BCUT2D eigenvalue weighted by atomic mass is 79.9. The molecule has 0 spiro atoms. The summed E-state index contributed by atoms with van der Waals surface area (Å²) in [6.07, 6.45) is 1.67. The van der Waals surface area contributed by atoms with Gasteiger partial charge in [-0.3, -0.25) is 4.79 Å². The van der Waals surface area contributed by atoms with Gasteiger partial charge in [-0.1, -0.05) is 51.8 Å². The molecule has 138 valence electrons. The lowest BCUT2D eigenvalue weighted by molar-refractivity contribution is 0.0734. The average Bonchev–Trinajstić information content (AvgIpc) is 2.99. The number of rotatable bonds is 3. The Labute approximate surface area is 174 Å². The maximum Gasteiger partial charge on any atom is 0.345 e. The van der Waals surface area contributed by atoms with E-state index in [1.54, 1.807) is 42.5 Å². The van der Waals surface area contributed by atoms with Crippen molar-refractivity contribution in [1.29, 1.82) is 0 Å². The molecule has 0 aliphatic carbocycles. The number of fused-ring (bicyclic) bond motifs is 1. The van der Waals surface area contributed by atoms with Gasteiger partial charge in [0.05, 0.1) is 16.1 Å². The van der Waals surface area contributed by atoms with Crippen molar-refractivity contribution >= 4 is 45.4 Å². The van der Waals surface area contributed by atoms with E-state index in [0.29, 0.717) is 16.3 Å². The maximum atomic E-state index is 12.5. The lowest BCUT2D eigenvalue weighted by Crippen LogP contribution is -2.09. The molecule has 3 aromatic rings. The van der Waals surface area contributed by atoms with Gasteiger partial charge in [-0.15, -0.1) is 0 Å². The van der Waals surface area contributed by atoms with E-state index in [4.69, 9.17) is 21.1 Å². The number of benzene rings is 3. The number of Topliss-reactive ketones (excluding diaryl/α,β-unsaturated/α-hetero) is 1. The Morgan fingerprint density at radius 1 is 1.04 bits per heavy atom. The van der Waals surface area contributed by atoms with Crippen LogP contribution in [0.1, 0.15) is 26.3 Å². The first-order valence-electron chi connectivity index (χ1n) is 8.32. The van der Waals surface area contributed by atoms with Crippen LogP contribution in [0.2, 0.25) is 5.02 Å². The normalized spacial score (nSPS) is 13.9. The molecular weight excluding hydrogens is 444 g/mol. The van der Waals surface area contributed by atoms with Crippen LogP contribution in [0.25, 0.3) is 6.08 Å². The molecule has 0 radical (unpaired) electrons. The van der Waals surface area contributed by atoms with Crippen LogP contribution in [0.15, 0.2) is 77.0 Å². The van der Waals surface area contributed by atoms with Crippen LogP contribution in [-0.4, -0.2) is 11.8 Å². The predicted octanol–water partition coefficient (Wildman–Crippen LogP) is 5.94. The highest BCUT2D eigenvalue weighted by Crippen LogP contribution is 2.35. The number of esters is 1. The molecule has 1 aliphatic heterocycles. The molecule has 3 aromatic carbocycles. The molecule has 0 N–H and O–H groups in total. The fourth-order valence-corrected chi connectivity index (χ4v) is 3.21. The zero-order valence-electron chi connectivity index (χ0n) is 14.3. The Morgan fingerprint density at radius 3 is 2.54 bits per heavy atom. The van der Waals surface area contributed by atoms with E-state index in [1.807, 2.05) is 24.3 Å². The summed E-state index contributed by atoms with van der Waals surface area (Å²) in [5, 5.41) is 0.305. The number of ether oxygens (including phenoxy) is 2. The minimum Gasteiger partial charge on any atom is -0.452 e. The van der Waals surface area contributed by atoms with Crippen LogP contribution < -0.4 is 9.47 Å². The fourth-order valence-electron chi connectivity index (χ4n) is 2.73. The zero-order valence-corrected chi connectivity index (χ0v) is 16.7. The van der Waals surface area contributed by atoms with E-state index in [9.17, 15) is 9.59 Å². The van der Waals surface area contributed by atoms with Gasteiger partial charge in [-0.2, -0.15) is 0 Å². The van der Waals surface area contributed by atoms with Gasteiger partial charge in [0.2, 0.25) is 5.78 Å². The maximum absolute atomic E-state index is 12.5. The summed E-state index contributed by atoms with van der Waals surface area (Å²) in [5.74, 6) is 0.0217. The van der Waals surface area contributed by atoms with Crippen molar-refractivity contribution < 1.29 is 19.1 Å². The van der Waals surface area contributed by atoms with Crippen molar-refractivity contribution in [2.24, 2.45) is 0 Å². The number of ketones is 1. The van der Waals surface area contributed by atoms with E-state index in [-0.39, 0.29) is 22.9 Å². The second-order valence-electron chi connectivity index (χ2n) is 6.02. The fraction of sp³-hybridized carbons (Fsp3) is 0. The highest BCUT2D eigenvalue weighted by Gasteiger charge is 2.28. The Kier molecular flexibility index (Phi) is 5.03. The highest BCUT2D eigenvalue weighted by molar-refractivity contribution is 9.10. The minimum absolute atomic E-state index is 0.215. The quantitative estimate of drug-likeness (QED) is 0.279. The first-order valence-corrected chi connectivity index (χ1v) is 9.49. The van der Waals surface area contributed by atoms with Crippen molar-refractivity contribution in [1.82, 2.24) is 0 Å². The SMILES string of the molecule is O=C(Oc1ccc2c(c1)O/C(=C\c1ccc(Br)cc1)C2=O)c1ccccc1Cl. The lowest BCUT2D eigenvalue weighted by atomic mass is 10.1. The molecule has 0 saturated heterocycles. The third-order valence-corrected chi connectivity index (χ3v) is 4.97. The van der Waals surface area contributed by atoms with Crippen molar-refractivity contribution in [2.45, 2.75) is 0 Å². The molecule has 0 bridgehead atoms. The number of carbonyl (C=O) groups excluding carboxylic acids is 2. The molecule has 1 heterocycles. The summed E-state index contributed by atoms with van der Waals surface area (Å²) >= 11 is 9.40. The van der Waals surface area contributed by atoms with E-state index in [2.05, 4.69) is 15.9 Å². The molecule has 0 unspecified atom stereocenters. The first-order chi connectivity index (χ1) is 13.5. The summed E-state index contributed by atoms with van der Waals surface area (Å²) in [5.41, 5.74) is 1.52. The van der Waals surface area contributed by atoms with Gasteiger partial charge in [0.15, 0.2) is 5.76 Å². The Balaban J connectivity index is 1.56. The van der Waals surface area contributed by atoms with Crippen molar-refractivity contribution in [3.63, 3.8) is 0 Å². The van der Waals surface area contributed by atoms with Gasteiger partial charge in [0.25, 0.3) is 0 Å². The number of carbonyl (C=O) groups is 2. The van der Waals surface area contributed by atoms with Gasteiger partial charge in [0, 0.05) is 10.5 Å². The molecule has 4 nitrogen and oxygen atoms in total. The molecule has 28 heavy (non-hydrogen) atoms.